The number of nitrogens with zero attached hydrogens (tertiary/aromatic N) is 6. The number of hydrogen-bond donors (Lipinski definition) is 2. The Bertz CT molecular complexity index is 1250. The van der Waals surface area contributed by atoms with Crippen LogP contribution in [0.1, 0.15) is 23.2 Å². The summed E-state index contributed by atoms with van der Waals surface area (Å²) in [5.41, 5.74) is 5.07. The predicted molar refractivity (Wildman–Crippen MR) is 128 cm³/mol. The Kier molecular flexibility index (Phi) is 6.24. The molecule has 5 rings (SSSR count). The highest BCUT2D eigenvalue weighted by Crippen LogP contribution is 2.26. The van der Waals surface area contributed by atoms with Gasteiger partial charge in [-0.15, -0.1) is 10.2 Å². The predicted octanol–water partition coefficient (Wildman–Crippen LogP) is 3.37. The molecule has 0 saturated carbocycles. The molecule has 0 amide bonds. The molecule has 0 fully saturated rings. The molecule has 0 unspecified atom stereocenters. The molecule has 8 nitrogen and oxygen atoms in total. The molecule has 170 valence electrons. The van der Waals surface area contributed by atoms with Crippen LogP contribution in [0.25, 0.3) is 22.5 Å². The zero-order chi connectivity index (χ0) is 23.3. The summed E-state index contributed by atoms with van der Waals surface area (Å²) in [5.74, 6) is 0. The van der Waals surface area contributed by atoms with Crippen LogP contribution in [-0.2, 0) is 0 Å². The first-order chi connectivity index (χ1) is 16.8. The third kappa shape index (κ3) is 4.36. The Balaban J connectivity index is 1.41. The first-order valence-corrected chi connectivity index (χ1v) is 11.0. The highest BCUT2D eigenvalue weighted by Gasteiger charge is 2.17. The molecule has 2 aromatic heterocycles. The van der Waals surface area contributed by atoms with E-state index in [-0.39, 0.29) is 25.3 Å². The van der Waals surface area contributed by atoms with Crippen LogP contribution in [0.5, 0.6) is 0 Å². The van der Waals surface area contributed by atoms with Crippen molar-refractivity contribution in [2.75, 3.05) is 13.2 Å². The van der Waals surface area contributed by atoms with Gasteiger partial charge < -0.3 is 10.2 Å². The highest BCUT2D eigenvalue weighted by atomic mass is 16.3. The molecule has 5 aromatic rings. The van der Waals surface area contributed by atoms with Gasteiger partial charge in [0.25, 0.3) is 0 Å². The van der Waals surface area contributed by atoms with E-state index in [1.807, 2.05) is 97.3 Å². The lowest BCUT2D eigenvalue weighted by atomic mass is 10.1. The Morgan fingerprint density at radius 2 is 1.03 bits per heavy atom. The molecule has 0 aliphatic carbocycles. The van der Waals surface area contributed by atoms with Crippen molar-refractivity contribution in [2.24, 2.45) is 0 Å². The number of benzene rings is 3. The summed E-state index contributed by atoms with van der Waals surface area (Å²) in [4.78, 5) is 0. The van der Waals surface area contributed by atoms with E-state index in [4.69, 9.17) is 0 Å². The summed E-state index contributed by atoms with van der Waals surface area (Å²) in [6, 6.07) is 26.7. The fourth-order valence-corrected chi connectivity index (χ4v) is 3.99. The van der Waals surface area contributed by atoms with Crippen molar-refractivity contribution >= 4 is 0 Å². The molecule has 0 aliphatic heterocycles. The number of aromatic nitrogens is 6. The summed E-state index contributed by atoms with van der Waals surface area (Å²) in [5, 5.41) is 37.0. The number of aliphatic hydroxyl groups is 2. The molecule has 0 saturated heterocycles. The molecule has 34 heavy (non-hydrogen) atoms. The van der Waals surface area contributed by atoms with Crippen molar-refractivity contribution in [3.8, 4) is 22.5 Å². The van der Waals surface area contributed by atoms with Gasteiger partial charge in [0.15, 0.2) is 0 Å². The monoisotopic (exact) mass is 452 g/mol. The van der Waals surface area contributed by atoms with Crippen LogP contribution in [0.3, 0.4) is 0 Å². The minimum absolute atomic E-state index is 0.0800. The zero-order valence-electron chi connectivity index (χ0n) is 18.4. The lowest BCUT2D eigenvalue weighted by molar-refractivity contribution is 0.239. The van der Waals surface area contributed by atoms with Crippen LogP contribution in [0.2, 0.25) is 0 Å². The molecule has 2 N–H and O–H groups in total. The summed E-state index contributed by atoms with van der Waals surface area (Å²) >= 11 is 0. The van der Waals surface area contributed by atoms with Crippen molar-refractivity contribution in [3.63, 3.8) is 0 Å². The topological polar surface area (TPSA) is 102 Å². The first kappa shape index (κ1) is 21.7. The van der Waals surface area contributed by atoms with Gasteiger partial charge >= 0.3 is 0 Å². The van der Waals surface area contributed by atoms with Crippen LogP contribution < -0.4 is 0 Å². The molecule has 8 heteroatoms. The smallest absolute Gasteiger partial charge is 0.113 e. The minimum atomic E-state index is -0.307. The van der Waals surface area contributed by atoms with E-state index in [2.05, 4.69) is 20.6 Å². The second-order valence-electron chi connectivity index (χ2n) is 7.97. The average molecular weight is 453 g/mol. The summed E-state index contributed by atoms with van der Waals surface area (Å²) in [7, 11) is 0. The SMILES string of the molecule is OC[C@H](c1ccccc1)n1cc(-c2cccc(-c3cn([C@H](CO)c4ccccc4)nn3)c2)nn1. The van der Waals surface area contributed by atoms with E-state index in [0.717, 1.165) is 22.3 Å². The van der Waals surface area contributed by atoms with Gasteiger partial charge in [-0.05, 0) is 17.2 Å². The van der Waals surface area contributed by atoms with Crippen LogP contribution >= 0.6 is 0 Å². The zero-order valence-corrected chi connectivity index (χ0v) is 18.4. The van der Waals surface area contributed by atoms with Crippen LogP contribution in [0.15, 0.2) is 97.3 Å². The van der Waals surface area contributed by atoms with Crippen LogP contribution in [0.4, 0.5) is 0 Å². The van der Waals surface area contributed by atoms with E-state index in [1.165, 1.54) is 0 Å². The maximum absolute atomic E-state index is 9.93. The van der Waals surface area contributed by atoms with Crippen molar-refractivity contribution in [2.45, 2.75) is 12.1 Å². The standard InChI is InChI=1S/C26H24N6O2/c33-17-25(19-8-3-1-4-9-19)31-15-23(27-29-31)21-12-7-13-22(14-21)24-16-32(30-28-24)26(18-34)20-10-5-2-6-11-20/h1-16,25-26,33-34H,17-18H2/t25-,26-/m1/s1. The van der Waals surface area contributed by atoms with Crippen molar-refractivity contribution in [1.29, 1.82) is 0 Å². The Hall–Kier alpha value is -4.14. The Morgan fingerprint density at radius 1 is 0.588 bits per heavy atom. The van der Waals surface area contributed by atoms with Gasteiger partial charge in [-0.25, -0.2) is 9.36 Å². The molecule has 2 heterocycles. The number of aliphatic hydroxyl groups excluding tert-OH is 2. The number of rotatable bonds is 8. The van der Waals surface area contributed by atoms with Gasteiger partial charge in [-0.3, -0.25) is 0 Å². The normalized spacial score (nSPS) is 13.0. The summed E-state index contributed by atoms with van der Waals surface area (Å²) < 4.78 is 3.36. The lowest BCUT2D eigenvalue weighted by Crippen LogP contribution is -2.15. The van der Waals surface area contributed by atoms with Gasteiger partial charge in [0, 0.05) is 11.1 Å². The summed E-state index contributed by atoms with van der Waals surface area (Å²) in [6.07, 6.45) is 3.67. The average Bonchev–Trinajstić information content (AvgIpc) is 3.58. The van der Waals surface area contributed by atoms with E-state index in [1.54, 1.807) is 9.36 Å². The second-order valence-corrected chi connectivity index (χ2v) is 7.97. The van der Waals surface area contributed by atoms with Gasteiger partial charge in [-0.1, -0.05) is 89.3 Å². The molecular formula is C26H24N6O2. The van der Waals surface area contributed by atoms with Crippen molar-refractivity contribution < 1.29 is 10.2 Å². The van der Waals surface area contributed by atoms with E-state index in [0.29, 0.717) is 11.4 Å². The molecular weight excluding hydrogens is 428 g/mol. The van der Waals surface area contributed by atoms with Gasteiger partial charge in [0.1, 0.15) is 23.5 Å². The Labute approximate surface area is 196 Å². The van der Waals surface area contributed by atoms with E-state index < -0.39 is 0 Å². The van der Waals surface area contributed by atoms with Crippen LogP contribution in [-0.4, -0.2) is 53.4 Å². The largest absolute Gasteiger partial charge is 0.394 e. The quantitative estimate of drug-likeness (QED) is 0.374. The summed E-state index contributed by atoms with van der Waals surface area (Å²) in [6.45, 7) is -0.160. The van der Waals surface area contributed by atoms with Gasteiger partial charge in [0.2, 0.25) is 0 Å². The molecule has 0 aliphatic rings. The van der Waals surface area contributed by atoms with E-state index in [9.17, 15) is 10.2 Å². The van der Waals surface area contributed by atoms with Crippen molar-refractivity contribution in [3.05, 3.63) is 108 Å². The van der Waals surface area contributed by atoms with Crippen LogP contribution in [0, 0.1) is 0 Å². The molecule has 0 radical (unpaired) electrons. The van der Waals surface area contributed by atoms with Gasteiger partial charge in [0.05, 0.1) is 25.6 Å². The Morgan fingerprint density at radius 3 is 1.44 bits per heavy atom. The second kappa shape index (κ2) is 9.78. The maximum Gasteiger partial charge on any atom is 0.113 e. The lowest BCUT2D eigenvalue weighted by Gasteiger charge is -2.14. The fourth-order valence-electron chi connectivity index (χ4n) is 3.99. The number of hydrogen-bond acceptors (Lipinski definition) is 6. The molecule has 2 atom stereocenters. The minimum Gasteiger partial charge on any atom is -0.394 e. The van der Waals surface area contributed by atoms with E-state index >= 15 is 0 Å². The third-order valence-electron chi connectivity index (χ3n) is 5.83. The van der Waals surface area contributed by atoms with Crippen molar-refractivity contribution in [1.82, 2.24) is 30.0 Å². The molecule has 0 spiro atoms. The maximum atomic E-state index is 9.93. The van der Waals surface area contributed by atoms with Gasteiger partial charge in [-0.2, -0.15) is 0 Å². The first-order valence-electron chi connectivity index (χ1n) is 11.0. The molecule has 0 bridgehead atoms. The fraction of sp³-hybridized carbons (Fsp3) is 0.154. The third-order valence-corrected chi connectivity index (χ3v) is 5.83. The molecule has 3 aromatic carbocycles. The highest BCUT2D eigenvalue weighted by molar-refractivity contribution is 5.68.